The number of rotatable bonds is 4. The van der Waals surface area contributed by atoms with E-state index in [-0.39, 0.29) is 17.1 Å². The number of imide groups is 1. The Hall–Kier alpha value is -3.17. The van der Waals surface area contributed by atoms with Crippen molar-refractivity contribution >= 4 is 12.2 Å². The maximum absolute atomic E-state index is 14.5. The number of hydrogen-bond acceptors (Lipinski definition) is 7. The summed E-state index contributed by atoms with van der Waals surface area (Å²) in [6, 6.07) is 1.35. The van der Waals surface area contributed by atoms with Crippen LogP contribution in [0.25, 0.3) is 11.3 Å². The van der Waals surface area contributed by atoms with Crippen molar-refractivity contribution in [2.75, 3.05) is 0 Å². The minimum absolute atomic E-state index is 0.00344. The zero-order valence-electron chi connectivity index (χ0n) is 18.4. The highest BCUT2D eigenvalue weighted by atomic mass is 19.1. The fraction of sp³-hybridized carbons (Fsp3) is 0.476. The first-order valence-electron chi connectivity index (χ1n) is 9.54. The summed E-state index contributed by atoms with van der Waals surface area (Å²) in [6.45, 7) is 8.59. The van der Waals surface area contributed by atoms with E-state index in [0.717, 1.165) is 6.20 Å². The van der Waals surface area contributed by atoms with E-state index in [0.29, 0.717) is 10.5 Å². The van der Waals surface area contributed by atoms with Crippen LogP contribution >= 0.6 is 0 Å². The maximum Gasteiger partial charge on any atom is 0.420 e. The summed E-state index contributed by atoms with van der Waals surface area (Å²) in [4.78, 5) is 37.6. The van der Waals surface area contributed by atoms with Gasteiger partial charge >= 0.3 is 12.2 Å². The molecule has 0 fully saturated rings. The second kappa shape index (κ2) is 9.32. The van der Waals surface area contributed by atoms with Crippen LogP contribution in [0.15, 0.2) is 24.7 Å². The summed E-state index contributed by atoms with van der Waals surface area (Å²) in [5, 5.41) is 0. The highest BCUT2D eigenvalue weighted by Crippen LogP contribution is 2.22. The molecule has 2 rings (SSSR count). The molecule has 2 amide bonds. The second-order valence-electron chi connectivity index (χ2n) is 8.73. The van der Waals surface area contributed by atoms with Crippen molar-refractivity contribution in [2.45, 2.75) is 66.0 Å². The van der Waals surface area contributed by atoms with Crippen LogP contribution in [0.5, 0.6) is 0 Å². The minimum Gasteiger partial charge on any atom is -0.443 e. The van der Waals surface area contributed by atoms with Gasteiger partial charge in [0.2, 0.25) is 0 Å². The first kappa shape index (κ1) is 24.1. The van der Waals surface area contributed by atoms with Gasteiger partial charge in [-0.25, -0.2) is 33.2 Å². The monoisotopic (exact) mass is 436 g/mol. The summed E-state index contributed by atoms with van der Waals surface area (Å²) in [6.07, 6.45) is 1.71. The van der Waals surface area contributed by atoms with Crippen LogP contribution in [0, 0.1) is 5.82 Å². The van der Waals surface area contributed by atoms with Crippen LogP contribution in [0.4, 0.5) is 18.4 Å². The minimum atomic E-state index is -0.977. The van der Waals surface area contributed by atoms with Gasteiger partial charge in [-0.3, -0.25) is 4.98 Å². The van der Waals surface area contributed by atoms with Gasteiger partial charge < -0.3 is 9.47 Å². The Morgan fingerprint density at radius 3 is 1.90 bits per heavy atom. The molecule has 8 nitrogen and oxygen atoms in total. The second-order valence-corrected chi connectivity index (χ2v) is 8.73. The molecule has 31 heavy (non-hydrogen) atoms. The Bertz CT molecular complexity index is 910. The van der Waals surface area contributed by atoms with E-state index in [1.54, 1.807) is 41.5 Å². The lowest BCUT2D eigenvalue weighted by atomic mass is 10.1. The quantitative estimate of drug-likeness (QED) is 0.678. The van der Waals surface area contributed by atoms with Crippen molar-refractivity contribution in [3.05, 3.63) is 41.9 Å². The predicted octanol–water partition coefficient (Wildman–Crippen LogP) is 4.82. The van der Waals surface area contributed by atoms with Crippen molar-refractivity contribution in [1.29, 1.82) is 0 Å². The van der Waals surface area contributed by atoms with Gasteiger partial charge in [-0.15, -0.1) is 0 Å². The van der Waals surface area contributed by atoms with Gasteiger partial charge in [-0.05, 0) is 47.6 Å². The topological polar surface area (TPSA) is 94.5 Å². The van der Waals surface area contributed by atoms with Gasteiger partial charge in [-0.1, -0.05) is 0 Å². The molecule has 168 valence electrons. The number of halogens is 2. The number of amides is 2. The average molecular weight is 436 g/mol. The molecular weight excluding hydrogens is 410 g/mol. The fourth-order valence-electron chi connectivity index (χ4n) is 2.32. The van der Waals surface area contributed by atoms with Gasteiger partial charge in [0.05, 0.1) is 18.4 Å². The van der Waals surface area contributed by atoms with E-state index in [9.17, 15) is 18.4 Å². The van der Waals surface area contributed by atoms with Crippen molar-refractivity contribution < 1.29 is 27.8 Å². The number of alkyl halides is 1. The van der Waals surface area contributed by atoms with E-state index >= 15 is 0 Å². The van der Waals surface area contributed by atoms with Crippen LogP contribution in [-0.4, -0.2) is 43.2 Å². The van der Waals surface area contributed by atoms with Crippen molar-refractivity contribution in [3.63, 3.8) is 0 Å². The molecule has 0 radical (unpaired) electrons. The normalized spacial score (nSPS) is 11.7. The summed E-state index contributed by atoms with van der Waals surface area (Å²) in [5.74, 6) is -0.728. The van der Waals surface area contributed by atoms with Gasteiger partial charge in [-0.2, -0.15) is 0 Å². The third-order valence-corrected chi connectivity index (χ3v) is 3.61. The molecule has 2 aromatic rings. The first-order chi connectivity index (χ1) is 14.3. The lowest BCUT2D eigenvalue weighted by molar-refractivity contribution is -0.000398. The summed E-state index contributed by atoms with van der Waals surface area (Å²) >= 11 is 0. The Balaban J connectivity index is 2.37. The SMILES string of the molecule is CC(C)(C)OC(=O)N(Cc1cc(-c2cnc(CF)nc2)ncc1F)C(=O)OC(C)(C)C. The number of carbonyl (C=O) groups excluding carboxylic acids is 2. The molecule has 0 atom stereocenters. The molecule has 0 aliphatic heterocycles. The first-order valence-corrected chi connectivity index (χ1v) is 9.54. The zero-order valence-corrected chi connectivity index (χ0v) is 18.4. The molecule has 0 N–H and O–H groups in total. The lowest BCUT2D eigenvalue weighted by Gasteiger charge is -2.28. The van der Waals surface area contributed by atoms with Crippen LogP contribution in [0.2, 0.25) is 0 Å². The number of pyridine rings is 1. The van der Waals surface area contributed by atoms with E-state index < -0.39 is 42.4 Å². The molecule has 0 saturated carbocycles. The van der Waals surface area contributed by atoms with Crippen LogP contribution < -0.4 is 0 Å². The molecular formula is C21H26F2N4O4. The fourth-order valence-corrected chi connectivity index (χ4v) is 2.32. The average Bonchev–Trinajstić information content (AvgIpc) is 2.64. The zero-order chi connectivity index (χ0) is 23.4. The molecule has 0 unspecified atom stereocenters. The number of hydrogen-bond donors (Lipinski definition) is 0. The molecule has 2 heterocycles. The van der Waals surface area contributed by atoms with E-state index in [4.69, 9.17) is 9.47 Å². The van der Waals surface area contributed by atoms with Gasteiger partial charge in [0.1, 0.15) is 23.7 Å². The molecule has 0 spiro atoms. The number of nitrogens with zero attached hydrogens (tertiary/aromatic N) is 4. The number of aromatic nitrogens is 3. The number of carbonyl (C=O) groups is 2. The Morgan fingerprint density at radius 2 is 1.45 bits per heavy atom. The van der Waals surface area contributed by atoms with E-state index in [1.807, 2.05) is 0 Å². The highest BCUT2D eigenvalue weighted by Gasteiger charge is 2.32. The predicted molar refractivity (Wildman–Crippen MR) is 108 cm³/mol. The standard InChI is InChI=1S/C21H26F2N4O4/c1-20(2,3)30-18(28)27(19(29)31-21(4,5)6)12-13-7-16(24-11-15(13)23)14-9-25-17(8-22)26-10-14/h7,9-11H,8,12H2,1-6H3. The van der Waals surface area contributed by atoms with Crippen LogP contribution in [0.1, 0.15) is 52.9 Å². The third kappa shape index (κ3) is 7.23. The number of ether oxygens (including phenoxy) is 2. The van der Waals surface area contributed by atoms with Gasteiger partial charge in [0.25, 0.3) is 0 Å². The Labute approximate surface area is 179 Å². The molecule has 0 aliphatic rings. The van der Waals surface area contributed by atoms with Crippen molar-refractivity contribution in [2.24, 2.45) is 0 Å². The van der Waals surface area contributed by atoms with Crippen molar-refractivity contribution in [3.8, 4) is 11.3 Å². The van der Waals surface area contributed by atoms with E-state index in [1.165, 1.54) is 18.5 Å². The largest absolute Gasteiger partial charge is 0.443 e. The van der Waals surface area contributed by atoms with Crippen LogP contribution in [0.3, 0.4) is 0 Å². The van der Waals surface area contributed by atoms with Gasteiger partial charge in [0.15, 0.2) is 5.82 Å². The molecule has 0 aromatic carbocycles. The maximum atomic E-state index is 14.5. The Kier molecular flexibility index (Phi) is 7.24. The van der Waals surface area contributed by atoms with Crippen LogP contribution in [-0.2, 0) is 22.7 Å². The summed E-state index contributed by atoms with van der Waals surface area (Å²) in [5.41, 5.74) is -1.06. The molecule has 0 bridgehead atoms. The van der Waals surface area contributed by atoms with Crippen molar-refractivity contribution in [1.82, 2.24) is 19.9 Å². The molecule has 2 aromatic heterocycles. The Morgan fingerprint density at radius 1 is 0.935 bits per heavy atom. The summed E-state index contributed by atoms with van der Waals surface area (Å²) < 4.78 is 37.7. The smallest absolute Gasteiger partial charge is 0.420 e. The van der Waals surface area contributed by atoms with Gasteiger partial charge in [0, 0.05) is 23.5 Å². The summed E-state index contributed by atoms with van der Waals surface area (Å²) in [7, 11) is 0. The lowest BCUT2D eigenvalue weighted by Crippen LogP contribution is -2.43. The third-order valence-electron chi connectivity index (χ3n) is 3.61. The highest BCUT2D eigenvalue weighted by molar-refractivity contribution is 5.88. The molecule has 0 saturated heterocycles. The molecule has 10 heteroatoms. The van der Waals surface area contributed by atoms with E-state index in [2.05, 4.69) is 15.0 Å². The molecule has 0 aliphatic carbocycles.